The molecule has 2 aliphatic carbocycles. The monoisotopic (exact) mass is 419 g/mol. The van der Waals surface area contributed by atoms with E-state index in [1.165, 1.54) is 43.2 Å². The highest BCUT2D eigenvalue weighted by Gasteiger charge is 2.37. The van der Waals surface area contributed by atoms with Crippen LogP contribution in [0.2, 0.25) is 0 Å². The Morgan fingerprint density at radius 1 is 1.03 bits per heavy atom. The lowest BCUT2D eigenvalue weighted by molar-refractivity contribution is -0.141. The van der Waals surface area contributed by atoms with E-state index in [1.807, 2.05) is 0 Å². The number of benzene rings is 1. The smallest absolute Gasteiger partial charge is 0.328 e. The minimum absolute atomic E-state index is 0. The molecule has 0 radical (unpaired) electrons. The van der Waals surface area contributed by atoms with Gasteiger partial charge in [-0.2, -0.15) is 0 Å². The second-order valence-electron chi connectivity index (χ2n) is 9.49. The molecule has 4 heteroatoms. The number of para-hydroxylation sites is 1. The Bertz CT molecular complexity index is 660. The molecule has 1 heterocycles. The van der Waals surface area contributed by atoms with Gasteiger partial charge in [0.2, 0.25) is 0 Å². The fraction of sp³-hybridized carbons (Fsp3) is 0.720. The third-order valence-electron chi connectivity index (χ3n) is 7.31. The maximum absolute atomic E-state index is 13.3. The summed E-state index contributed by atoms with van der Waals surface area (Å²) >= 11 is 0. The van der Waals surface area contributed by atoms with Crippen molar-refractivity contribution in [2.24, 2.45) is 11.8 Å². The van der Waals surface area contributed by atoms with E-state index in [0.717, 1.165) is 49.9 Å². The molecule has 1 aliphatic heterocycles. The molecular formula is C25H38ClNO2. The number of carbonyl (C=O) groups excluding carboxylic acids is 1. The number of ether oxygens (including phenoxy) is 1. The van der Waals surface area contributed by atoms with Crippen LogP contribution in [-0.2, 0) is 4.79 Å². The molecule has 3 atom stereocenters. The molecule has 0 spiro atoms. The largest absolute Gasteiger partial charge is 0.425 e. The van der Waals surface area contributed by atoms with Crippen molar-refractivity contribution in [3.63, 3.8) is 0 Å². The van der Waals surface area contributed by atoms with E-state index in [2.05, 4.69) is 43.9 Å². The predicted octanol–water partition coefficient (Wildman–Crippen LogP) is 6.31. The van der Waals surface area contributed by atoms with Crippen molar-refractivity contribution in [2.75, 3.05) is 13.1 Å². The highest BCUT2D eigenvalue weighted by molar-refractivity contribution is 5.85. The van der Waals surface area contributed by atoms with Crippen LogP contribution in [-0.4, -0.2) is 30.0 Å². The standard InChI is InChI=1S/C25H37NO2.ClH/c1-4-15-26-16-6-5-10-23(26)25(27)28-24-21(17(2)19-11-12-19)8-7-9-22(24)18(3)20-13-14-20;/h7-9,17-20,23H,4-6,10-16H2,1-3H3;1H/t17-,18-,23+;/m1./s1. The van der Waals surface area contributed by atoms with Crippen LogP contribution in [0, 0.1) is 11.8 Å². The lowest BCUT2D eigenvalue weighted by Crippen LogP contribution is -2.46. The summed E-state index contributed by atoms with van der Waals surface area (Å²) in [6.45, 7) is 8.85. The Morgan fingerprint density at radius 2 is 1.62 bits per heavy atom. The van der Waals surface area contributed by atoms with Crippen LogP contribution in [0.25, 0.3) is 0 Å². The number of likely N-dealkylation sites (tertiary alicyclic amines) is 1. The topological polar surface area (TPSA) is 29.5 Å². The molecule has 0 bridgehead atoms. The van der Waals surface area contributed by atoms with Crippen molar-refractivity contribution in [3.8, 4) is 5.75 Å². The molecule has 162 valence electrons. The average molecular weight is 420 g/mol. The Labute approximate surface area is 183 Å². The highest BCUT2D eigenvalue weighted by atomic mass is 35.5. The Balaban J connectivity index is 0.00000240. The number of piperidine rings is 1. The first kappa shape index (κ1) is 22.6. The van der Waals surface area contributed by atoms with Crippen LogP contribution in [0.5, 0.6) is 5.75 Å². The third kappa shape index (κ3) is 5.17. The molecule has 3 nitrogen and oxygen atoms in total. The minimum Gasteiger partial charge on any atom is -0.425 e. The van der Waals surface area contributed by atoms with Gasteiger partial charge >= 0.3 is 5.97 Å². The second kappa shape index (κ2) is 9.83. The fourth-order valence-electron chi connectivity index (χ4n) is 5.09. The molecule has 1 aromatic carbocycles. The summed E-state index contributed by atoms with van der Waals surface area (Å²) < 4.78 is 6.31. The fourth-order valence-corrected chi connectivity index (χ4v) is 5.09. The number of rotatable bonds is 8. The van der Waals surface area contributed by atoms with Crippen molar-refractivity contribution in [1.29, 1.82) is 0 Å². The summed E-state index contributed by atoms with van der Waals surface area (Å²) in [5, 5.41) is 0. The van der Waals surface area contributed by atoms with Gasteiger partial charge in [-0.05, 0) is 92.8 Å². The summed E-state index contributed by atoms with van der Waals surface area (Å²) in [4.78, 5) is 15.7. The average Bonchev–Trinajstić information content (AvgIpc) is 3.60. The van der Waals surface area contributed by atoms with Crippen LogP contribution in [0.4, 0.5) is 0 Å². The molecule has 1 aromatic rings. The van der Waals surface area contributed by atoms with E-state index in [0.29, 0.717) is 11.8 Å². The molecular weight excluding hydrogens is 382 g/mol. The lowest BCUT2D eigenvalue weighted by Gasteiger charge is -2.34. The van der Waals surface area contributed by atoms with E-state index in [1.54, 1.807) is 0 Å². The van der Waals surface area contributed by atoms with Crippen molar-refractivity contribution in [3.05, 3.63) is 29.3 Å². The predicted molar refractivity (Wildman–Crippen MR) is 121 cm³/mol. The van der Waals surface area contributed by atoms with Crippen molar-refractivity contribution in [2.45, 2.75) is 90.0 Å². The first-order chi connectivity index (χ1) is 13.6. The van der Waals surface area contributed by atoms with Gasteiger partial charge in [-0.3, -0.25) is 4.90 Å². The van der Waals surface area contributed by atoms with Crippen LogP contribution in [0.3, 0.4) is 0 Å². The van der Waals surface area contributed by atoms with E-state index in [4.69, 9.17) is 4.74 Å². The zero-order chi connectivity index (χ0) is 19.7. The maximum atomic E-state index is 13.3. The van der Waals surface area contributed by atoms with Crippen LogP contribution < -0.4 is 4.74 Å². The van der Waals surface area contributed by atoms with Crippen molar-refractivity contribution in [1.82, 2.24) is 4.90 Å². The zero-order valence-electron chi connectivity index (χ0n) is 18.4. The number of hydrogen-bond acceptors (Lipinski definition) is 3. The Kier molecular flexibility index (Phi) is 7.67. The first-order valence-electron chi connectivity index (χ1n) is 11.7. The summed E-state index contributed by atoms with van der Waals surface area (Å²) in [6, 6.07) is 6.53. The molecule has 0 N–H and O–H groups in total. The molecule has 2 saturated carbocycles. The Morgan fingerprint density at radius 3 is 2.14 bits per heavy atom. The van der Waals surface area contributed by atoms with Crippen LogP contribution >= 0.6 is 12.4 Å². The van der Waals surface area contributed by atoms with Gasteiger partial charge in [-0.1, -0.05) is 45.4 Å². The minimum atomic E-state index is -0.0675. The molecule has 1 saturated heterocycles. The van der Waals surface area contributed by atoms with Gasteiger partial charge in [0.1, 0.15) is 11.8 Å². The van der Waals surface area contributed by atoms with Gasteiger partial charge in [0.05, 0.1) is 0 Å². The van der Waals surface area contributed by atoms with Crippen LogP contribution in [0.15, 0.2) is 18.2 Å². The van der Waals surface area contributed by atoms with Crippen LogP contribution in [0.1, 0.15) is 95.1 Å². The van der Waals surface area contributed by atoms with Gasteiger partial charge in [0.25, 0.3) is 0 Å². The SMILES string of the molecule is CCCN1CCCC[C@H]1C(=O)Oc1c([C@H](C)C2CC2)cccc1[C@H](C)C1CC1.Cl. The molecule has 3 aliphatic rings. The summed E-state index contributed by atoms with van der Waals surface area (Å²) in [7, 11) is 0. The summed E-state index contributed by atoms with van der Waals surface area (Å²) in [5.74, 6) is 3.37. The lowest BCUT2D eigenvalue weighted by atomic mass is 9.88. The summed E-state index contributed by atoms with van der Waals surface area (Å²) in [6.07, 6.45) is 9.59. The molecule has 3 fully saturated rings. The van der Waals surface area contributed by atoms with Crippen molar-refractivity contribution >= 4 is 18.4 Å². The number of hydrogen-bond donors (Lipinski definition) is 0. The van der Waals surface area contributed by atoms with Gasteiger partial charge in [-0.25, -0.2) is 4.79 Å². The van der Waals surface area contributed by atoms with Crippen molar-refractivity contribution < 1.29 is 9.53 Å². The van der Waals surface area contributed by atoms with Gasteiger partial charge < -0.3 is 4.74 Å². The molecule has 0 aromatic heterocycles. The third-order valence-corrected chi connectivity index (χ3v) is 7.31. The zero-order valence-corrected chi connectivity index (χ0v) is 19.2. The number of nitrogens with zero attached hydrogens (tertiary/aromatic N) is 1. The summed E-state index contributed by atoms with van der Waals surface area (Å²) in [5.41, 5.74) is 2.53. The first-order valence-corrected chi connectivity index (χ1v) is 11.7. The number of halogens is 1. The molecule has 0 unspecified atom stereocenters. The molecule has 29 heavy (non-hydrogen) atoms. The number of esters is 1. The number of carbonyl (C=O) groups is 1. The quantitative estimate of drug-likeness (QED) is 0.365. The Hall–Kier alpha value is -1.06. The second-order valence-corrected chi connectivity index (χ2v) is 9.49. The normalized spacial score (nSPS) is 24.4. The van der Waals surface area contributed by atoms with E-state index >= 15 is 0 Å². The van der Waals surface area contributed by atoms with E-state index < -0.39 is 0 Å². The molecule has 4 rings (SSSR count). The van der Waals surface area contributed by atoms with E-state index in [9.17, 15) is 4.79 Å². The molecule has 0 amide bonds. The highest BCUT2D eigenvalue weighted by Crippen LogP contribution is 2.50. The van der Waals surface area contributed by atoms with Gasteiger partial charge in [0, 0.05) is 0 Å². The van der Waals surface area contributed by atoms with Gasteiger partial charge in [0.15, 0.2) is 0 Å². The van der Waals surface area contributed by atoms with E-state index in [-0.39, 0.29) is 24.4 Å². The van der Waals surface area contributed by atoms with Gasteiger partial charge in [-0.15, -0.1) is 12.4 Å². The maximum Gasteiger partial charge on any atom is 0.328 e.